The van der Waals surface area contributed by atoms with Crippen molar-refractivity contribution in [3.63, 3.8) is 0 Å². The summed E-state index contributed by atoms with van der Waals surface area (Å²) in [4.78, 5) is 18.5. The van der Waals surface area contributed by atoms with E-state index in [1.54, 1.807) is 13.2 Å². The maximum Gasteiger partial charge on any atom is 0.280 e. The molecule has 0 spiro atoms. The number of rotatable bonds is 3. The zero-order valence-electron chi connectivity index (χ0n) is 9.38. The molecule has 1 amide bonds. The van der Waals surface area contributed by atoms with E-state index >= 15 is 0 Å². The summed E-state index contributed by atoms with van der Waals surface area (Å²) >= 11 is 1.54. The Hall–Kier alpha value is -1.96. The van der Waals surface area contributed by atoms with Crippen LogP contribution in [0.3, 0.4) is 0 Å². The first-order chi connectivity index (χ1) is 8.08. The van der Waals surface area contributed by atoms with Gasteiger partial charge in [-0.15, -0.1) is 11.3 Å². The Bertz CT molecular complexity index is 535. The molecule has 7 nitrogen and oxygen atoms in total. The van der Waals surface area contributed by atoms with Crippen LogP contribution >= 0.6 is 11.3 Å². The molecule has 2 N–H and O–H groups in total. The molecule has 0 bridgehead atoms. The normalized spacial score (nSPS) is 10.5. The van der Waals surface area contributed by atoms with Gasteiger partial charge in [0.15, 0.2) is 0 Å². The lowest BCUT2D eigenvalue weighted by Crippen LogP contribution is -2.26. The van der Waals surface area contributed by atoms with Gasteiger partial charge in [-0.2, -0.15) is 0 Å². The highest BCUT2D eigenvalue weighted by Crippen LogP contribution is 2.15. The van der Waals surface area contributed by atoms with E-state index in [4.69, 9.17) is 5.73 Å². The van der Waals surface area contributed by atoms with Crippen molar-refractivity contribution in [1.82, 2.24) is 20.2 Å². The third kappa shape index (κ3) is 2.41. The Morgan fingerprint density at radius 2 is 2.35 bits per heavy atom. The van der Waals surface area contributed by atoms with Crippen LogP contribution in [-0.4, -0.2) is 33.2 Å². The highest BCUT2D eigenvalue weighted by Gasteiger charge is 2.20. The topological polar surface area (TPSA) is 98.1 Å². The van der Waals surface area contributed by atoms with E-state index < -0.39 is 0 Å². The van der Waals surface area contributed by atoms with Crippen LogP contribution < -0.4 is 5.73 Å². The summed E-state index contributed by atoms with van der Waals surface area (Å²) in [5.41, 5.74) is 5.49. The molecule has 0 aromatic carbocycles. The zero-order chi connectivity index (χ0) is 12.4. The first-order valence-corrected chi connectivity index (χ1v) is 5.64. The minimum absolute atomic E-state index is 0.00216. The summed E-state index contributed by atoms with van der Waals surface area (Å²) in [5.74, 6) is -0.322. The van der Waals surface area contributed by atoms with Crippen LogP contribution in [0, 0.1) is 6.92 Å². The number of carbonyl (C=O) groups excluding carboxylic acids is 1. The Morgan fingerprint density at radius 3 is 2.88 bits per heavy atom. The third-order valence-corrected chi connectivity index (χ3v) is 3.02. The summed E-state index contributed by atoms with van der Waals surface area (Å²) < 4.78 is 4.39. The van der Waals surface area contributed by atoms with Gasteiger partial charge in [0.2, 0.25) is 11.5 Å². The van der Waals surface area contributed by atoms with Crippen LogP contribution in [0.2, 0.25) is 0 Å². The van der Waals surface area contributed by atoms with Gasteiger partial charge in [-0.1, -0.05) is 0 Å². The molecule has 2 heterocycles. The fourth-order valence-corrected chi connectivity index (χ4v) is 2.16. The molecular weight excluding hydrogens is 242 g/mol. The van der Waals surface area contributed by atoms with E-state index in [2.05, 4.69) is 19.9 Å². The van der Waals surface area contributed by atoms with Gasteiger partial charge in [-0.25, -0.2) is 9.61 Å². The summed E-state index contributed by atoms with van der Waals surface area (Å²) in [6.07, 6.45) is 1.74. The Balaban J connectivity index is 2.08. The molecule has 0 radical (unpaired) electrons. The zero-order valence-corrected chi connectivity index (χ0v) is 10.2. The number of amides is 1. The van der Waals surface area contributed by atoms with Gasteiger partial charge < -0.3 is 10.6 Å². The van der Waals surface area contributed by atoms with Crippen molar-refractivity contribution in [2.45, 2.75) is 13.5 Å². The number of hydrogen-bond donors (Lipinski definition) is 1. The van der Waals surface area contributed by atoms with Crippen LogP contribution in [0.25, 0.3) is 0 Å². The molecule has 0 aliphatic rings. The number of hydrogen-bond acceptors (Lipinski definition) is 7. The number of thiazole rings is 1. The SMILES string of the molecule is Cc1ncc(CN(C)C(=O)c2nonc2N)s1. The summed E-state index contributed by atoms with van der Waals surface area (Å²) in [6.45, 7) is 2.37. The monoisotopic (exact) mass is 253 g/mol. The minimum Gasteiger partial charge on any atom is -0.379 e. The van der Waals surface area contributed by atoms with Crippen molar-refractivity contribution in [2.24, 2.45) is 0 Å². The standard InChI is InChI=1S/C9H11N5O2S/c1-5-11-3-6(17-5)4-14(2)9(15)7-8(10)13-16-12-7/h3H,4H2,1-2H3,(H2,10,13). The Labute approximate surface area is 101 Å². The van der Waals surface area contributed by atoms with Crippen LogP contribution in [0.15, 0.2) is 10.8 Å². The second-order valence-electron chi connectivity index (χ2n) is 3.50. The van der Waals surface area contributed by atoms with Crippen LogP contribution in [0.4, 0.5) is 5.82 Å². The second kappa shape index (κ2) is 4.50. The quantitative estimate of drug-likeness (QED) is 0.864. The van der Waals surface area contributed by atoms with Gasteiger partial charge >= 0.3 is 0 Å². The first-order valence-electron chi connectivity index (χ1n) is 4.82. The van der Waals surface area contributed by atoms with Crippen molar-refractivity contribution < 1.29 is 9.42 Å². The molecule has 8 heteroatoms. The molecule has 90 valence electrons. The first kappa shape index (κ1) is 11.5. The molecule has 0 fully saturated rings. The van der Waals surface area contributed by atoms with Gasteiger partial charge in [0.25, 0.3) is 5.91 Å². The van der Waals surface area contributed by atoms with Crippen LogP contribution in [0.1, 0.15) is 20.4 Å². The molecule has 0 unspecified atom stereocenters. The van der Waals surface area contributed by atoms with Crippen molar-refractivity contribution in [2.75, 3.05) is 12.8 Å². The number of nitrogen functional groups attached to an aromatic ring is 1. The van der Waals surface area contributed by atoms with Gasteiger partial charge in [-0.3, -0.25) is 4.79 Å². The average molecular weight is 253 g/mol. The maximum absolute atomic E-state index is 11.9. The van der Waals surface area contributed by atoms with Crippen molar-refractivity contribution in [1.29, 1.82) is 0 Å². The lowest BCUT2D eigenvalue weighted by atomic mass is 10.3. The van der Waals surface area contributed by atoms with Crippen molar-refractivity contribution in [3.8, 4) is 0 Å². The number of aromatic nitrogens is 3. The second-order valence-corrected chi connectivity index (χ2v) is 4.82. The number of aryl methyl sites for hydroxylation is 1. The third-order valence-electron chi connectivity index (χ3n) is 2.13. The van der Waals surface area contributed by atoms with E-state index in [9.17, 15) is 4.79 Å². The number of anilines is 1. The molecule has 0 saturated carbocycles. The molecule has 0 aliphatic heterocycles. The highest BCUT2D eigenvalue weighted by molar-refractivity contribution is 7.11. The van der Waals surface area contributed by atoms with Gasteiger partial charge in [-0.05, 0) is 17.2 Å². The molecule has 0 aliphatic carbocycles. The average Bonchev–Trinajstić information content (AvgIpc) is 2.86. The molecular formula is C9H11N5O2S. The number of nitrogens with two attached hydrogens (primary N) is 1. The number of nitrogens with zero attached hydrogens (tertiary/aromatic N) is 4. The van der Waals surface area contributed by atoms with E-state index in [1.807, 2.05) is 6.92 Å². The van der Waals surface area contributed by atoms with Crippen LogP contribution in [0.5, 0.6) is 0 Å². The minimum atomic E-state index is -0.324. The van der Waals surface area contributed by atoms with Crippen LogP contribution in [-0.2, 0) is 6.54 Å². The van der Waals surface area contributed by atoms with E-state index in [-0.39, 0.29) is 17.4 Å². The smallest absolute Gasteiger partial charge is 0.280 e. The molecule has 0 atom stereocenters. The lowest BCUT2D eigenvalue weighted by molar-refractivity contribution is 0.0776. The predicted octanol–water partition coefficient (Wildman–Crippen LogP) is 0.689. The van der Waals surface area contributed by atoms with Gasteiger partial charge in [0, 0.05) is 18.1 Å². The maximum atomic E-state index is 11.9. The molecule has 2 rings (SSSR count). The molecule has 2 aromatic rings. The van der Waals surface area contributed by atoms with Gasteiger partial charge in [0.1, 0.15) is 0 Å². The number of carbonyl (C=O) groups is 1. The van der Waals surface area contributed by atoms with Crippen molar-refractivity contribution in [3.05, 3.63) is 21.8 Å². The highest BCUT2D eigenvalue weighted by atomic mass is 32.1. The summed E-state index contributed by atoms with van der Waals surface area (Å²) in [6, 6.07) is 0. The molecule has 17 heavy (non-hydrogen) atoms. The van der Waals surface area contributed by atoms with Crippen molar-refractivity contribution >= 4 is 23.1 Å². The fraction of sp³-hybridized carbons (Fsp3) is 0.333. The van der Waals surface area contributed by atoms with E-state index in [1.165, 1.54) is 16.2 Å². The Kier molecular flexibility index (Phi) is 3.05. The fourth-order valence-electron chi connectivity index (χ4n) is 1.31. The van der Waals surface area contributed by atoms with E-state index in [0.717, 1.165) is 9.88 Å². The summed E-state index contributed by atoms with van der Waals surface area (Å²) in [5, 5.41) is 7.80. The lowest BCUT2D eigenvalue weighted by Gasteiger charge is -2.13. The van der Waals surface area contributed by atoms with Gasteiger partial charge in [0.05, 0.1) is 11.6 Å². The predicted molar refractivity (Wildman–Crippen MR) is 61.4 cm³/mol. The molecule has 2 aromatic heterocycles. The molecule has 0 saturated heterocycles. The summed E-state index contributed by atoms with van der Waals surface area (Å²) in [7, 11) is 1.66. The largest absolute Gasteiger partial charge is 0.379 e. The van der Waals surface area contributed by atoms with E-state index in [0.29, 0.717) is 6.54 Å². The Morgan fingerprint density at radius 1 is 1.59 bits per heavy atom.